The van der Waals surface area contributed by atoms with E-state index < -0.39 is 5.60 Å². The average molecular weight is 205 g/mol. The van der Waals surface area contributed by atoms with Gasteiger partial charge in [0.2, 0.25) is 5.82 Å². The van der Waals surface area contributed by atoms with Crippen LogP contribution in [0.1, 0.15) is 19.7 Å². The van der Waals surface area contributed by atoms with E-state index in [1.54, 1.807) is 32.3 Å². The molecular weight excluding hydrogens is 194 g/mol. The summed E-state index contributed by atoms with van der Waals surface area (Å²) in [6, 6.07) is 3.61. The third-order valence-electron chi connectivity index (χ3n) is 1.87. The zero-order chi connectivity index (χ0) is 10.9. The van der Waals surface area contributed by atoms with Crippen molar-refractivity contribution >= 4 is 0 Å². The third kappa shape index (κ3) is 2.02. The monoisotopic (exact) mass is 205 g/mol. The highest BCUT2D eigenvalue weighted by Gasteiger charge is 2.24. The Morgan fingerprint density at radius 3 is 2.73 bits per heavy atom. The Bertz CT molecular complexity index is 445. The van der Waals surface area contributed by atoms with E-state index in [0.717, 1.165) is 5.56 Å². The molecule has 78 valence electrons. The van der Waals surface area contributed by atoms with Crippen LogP contribution in [0.25, 0.3) is 11.4 Å². The second kappa shape index (κ2) is 3.43. The first kappa shape index (κ1) is 9.79. The maximum atomic E-state index is 9.64. The zero-order valence-corrected chi connectivity index (χ0v) is 8.51. The summed E-state index contributed by atoms with van der Waals surface area (Å²) >= 11 is 0. The summed E-state index contributed by atoms with van der Waals surface area (Å²) < 4.78 is 4.94. The van der Waals surface area contributed by atoms with Crippen molar-refractivity contribution < 1.29 is 9.63 Å². The van der Waals surface area contributed by atoms with Gasteiger partial charge >= 0.3 is 0 Å². The summed E-state index contributed by atoms with van der Waals surface area (Å²) in [6.07, 6.45) is 3.31. The minimum atomic E-state index is -1.12. The highest BCUT2D eigenvalue weighted by Crippen LogP contribution is 2.21. The molecule has 0 amide bonds. The molecule has 2 heterocycles. The Morgan fingerprint density at radius 1 is 1.40 bits per heavy atom. The molecule has 2 aromatic heterocycles. The van der Waals surface area contributed by atoms with E-state index >= 15 is 0 Å². The molecule has 0 atom stereocenters. The van der Waals surface area contributed by atoms with E-state index in [2.05, 4.69) is 15.1 Å². The molecule has 0 unspecified atom stereocenters. The Kier molecular flexibility index (Phi) is 2.24. The van der Waals surface area contributed by atoms with Crippen molar-refractivity contribution in [2.24, 2.45) is 0 Å². The van der Waals surface area contributed by atoms with Crippen LogP contribution in [0.3, 0.4) is 0 Å². The number of hydrogen-bond acceptors (Lipinski definition) is 5. The van der Waals surface area contributed by atoms with Crippen LogP contribution in [-0.4, -0.2) is 20.2 Å². The Hall–Kier alpha value is -1.75. The molecule has 0 spiro atoms. The lowest BCUT2D eigenvalue weighted by Crippen LogP contribution is -2.15. The molecule has 15 heavy (non-hydrogen) atoms. The van der Waals surface area contributed by atoms with Gasteiger partial charge in [0, 0.05) is 18.0 Å². The van der Waals surface area contributed by atoms with Crippen molar-refractivity contribution in [3.63, 3.8) is 0 Å². The molecule has 0 bridgehead atoms. The number of pyridine rings is 1. The van der Waals surface area contributed by atoms with Crippen LogP contribution < -0.4 is 0 Å². The van der Waals surface area contributed by atoms with Crippen molar-refractivity contribution in [3.8, 4) is 11.4 Å². The second-order valence-corrected chi connectivity index (χ2v) is 3.72. The lowest BCUT2D eigenvalue weighted by Gasteiger charge is -2.09. The van der Waals surface area contributed by atoms with Gasteiger partial charge in [-0.2, -0.15) is 4.98 Å². The van der Waals surface area contributed by atoms with E-state index in [0.29, 0.717) is 5.82 Å². The molecular formula is C10H11N3O2. The molecule has 0 fully saturated rings. The Labute approximate surface area is 86.8 Å². The molecule has 1 N–H and O–H groups in total. The predicted octanol–water partition coefficient (Wildman–Crippen LogP) is 1.36. The minimum Gasteiger partial charge on any atom is -0.381 e. The Morgan fingerprint density at radius 2 is 2.20 bits per heavy atom. The van der Waals surface area contributed by atoms with Crippen LogP contribution >= 0.6 is 0 Å². The topological polar surface area (TPSA) is 72.0 Å². The summed E-state index contributed by atoms with van der Waals surface area (Å²) in [5, 5.41) is 13.4. The van der Waals surface area contributed by atoms with Gasteiger partial charge in [-0.3, -0.25) is 4.98 Å². The van der Waals surface area contributed by atoms with Crippen molar-refractivity contribution in [2.75, 3.05) is 0 Å². The molecule has 0 aliphatic heterocycles. The second-order valence-electron chi connectivity index (χ2n) is 3.72. The molecule has 0 radical (unpaired) electrons. The van der Waals surface area contributed by atoms with Crippen LogP contribution in [0.15, 0.2) is 29.0 Å². The van der Waals surface area contributed by atoms with Crippen LogP contribution in [0.5, 0.6) is 0 Å². The normalized spacial score (nSPS) is 11.7. The summed E-state index contributed by atoms with van der Waals surface area (Å²) in [7, 11) is 0. The van der Waals surface area contributed by atoms with Crippen LogP contribution in [0.2, 0.25) is 0 Å². The van der Waals surface area contributed by atoms with E-state index in [1.807, 2.05) is 6.07 Å². The molecule has 0 aromatic carbocycles. The summed E-state index contributed by atoms with van der Waals surface area (Å²) in [4.78, 5) is 8.03. The lowest BCUT2D eigenvalue weighted by atomic mass is 10.1. The van der Waals surface area contributed by atoms with Crippen LogP contribution in [0.4, 0.5) is 0 Å². The summed E-state index contributed by atoms with van der Waals surface area (Å²) in [6.45, 7) is 3.18. The van der Waals surface area contributed by atoms with Gasteiger partial charge in [-0.05, 0) is 26.0 Å². The quantitative estimate of drug-likeness (QED) is 0.801. The van der Waals surface area contributed by atoms with Gasteiger partial charge in [-0.1, -0.05) is 5.16 Å². The largest absolute Gasteiger partial charge is 0.381 e. The lowest BCUT2D eigenvalue weighted by molar-refractivity contribution is 0.0420. The predicted molar refractivity (Wildman–Crippen MR) is 52.8 cm³/mol. The van der Waals surface area contributed by atoms with Gasteiger partial charge in [-0.25, -0.2) is 0 Å². The van der Waals surface area contributed by atoms with Gasteiger partial charge in [0.25, 0.3) is 5.89 Å². The van der Waals surface area contributed by atoms with E-state index in [4.69, 9.17) is 4.52 Å². The first-order chi connectivity index (χ1) is 7.07. The fourth-order valence-corrected chi connectivity index (χ4v) is 1.08. The van der Waals surface area contributed by atoms with E-state index in [-0.39, 0.29) is 5.89 Å². The molecule has 0 aliphatic carbocycles. The number of aliphatic hydroxyl groups is 1. The molecule has 5 heteroatoms. The highest BCUT2D eigenvalue weighted by molar-refractivity contribution is 5.51. The molecule has 2 aromatic rings. The summed E-state index contributed by atoms with van der Waals surface area (Å²) in [5.74, 6) is 0.626. The molecule has 0 aliphatic rings. The molecule has 0 saturated carbocycles. The van der Waals surface area contributed by atoms with E-state index in [9.17, 15) is 5.11 Å². The SMILES string of the molecule is CC(C)(O)c1nc(-c2cccnc2)no1. The van der Waals surface area contributed by atoms with Crippen molar-refractivity contribution in [1.82, 2.24) is 15.1 Å². The fraction of sp³-hybridized carbons (Fsp3) is 0.300. The highest BCUT2D eigenvalue weighted by atomic mass is 16.5. The van der Waals surface area contributed by atoms with Crippen molar-refractivity contribution in [3.05, 3.63) is 30.4 Å². The number of nitrogens with zero attached hydrogens (tertiary/aromatic N) is 3. The van der Waals surface area contributed by atoms with Crippen molar-refractivity contribution in [1.29, 1.82) is 0 Å². The third-order valence-corrected chi connectivity index (χ3v) is 1.87. The molecule has 0 saturated heterocycles. The Balaban J connectivity index is 2.37. The van der Waals surface area contributed by atoms with Gasteiger partial charge in [0.05, 0.1) is 0 Å². The van der Waals surface area contributed by atoms with Crippen LogP contribution in [0, 0.1) is 0 Å². The number of rotatable bonds is 2. The minimum absolute atomic E-state index is 0.196. The first-order valence-corrected chi connectivity index (χ1v) is 4.54. The first-order valence-electron chi connectivity index (χ1n) is 4.54. The van der Waals surface area contributed by atoms with Gasteiger partial charge in [-0.15, -0.1) is 0 Å². The van der Waals surface area contributed by atoms with Crippen molar-refractivity contribution in [2.45, 2.75) is 19.4 Å². The van der Waals surface area contributed by atoms with Gasteiger partial charge < -0.3 is 9.63 Å². The van der Waals surface area contributed by atoms with Crippen LogP contribution in [-0.2, 0) is 5.60 Å². The van der Waals surface area contributed by atoms with E-state index in [1.165, 1.54) is 0 Å². The standard InChI is InChI=1S/C10H11N3O2/c1-10(2,14)9-12-8(13-15-9)7-4-3-5-11-6-7/h3-6,14H,1-2H3. The molecule has 2 rings (SSSR count). The number of aromatic nitrogens is 3. The zero-order valence-electron chi connectivity index (χ0n) is 8.51. The maximum Gasteiger partial charge on any atom is 0.258 e. The maximum absolute atomic E-state index is 9.64. The smallest absolute Gasteiger partial charge is 0.258 e. The van der Waals surface area contributed by atoms with Gasteiger partial charge in [0.15, 0.2) is 0 Å². The number of hydrogen-bond donors (Lipinski definition) is 1. The van der Waals surface area contributed by atoms with Gasteiger partial charge in [0.1, 0.15) is 5.60 Å². The fourth-order valence-electron chi connectivity index (χ4n) is 1.08. The molecule has 5 nitrogen and oxygen atoms in total. The average Bonchev–Trinajstić information content (AvgIpc) is 2.67. The summed E-state index contributed by atoms with van der Waals surface area (Å²) in [5.41, 5.74) is -0.357.